The minimum absolute atomic E-state index is 0.0183. The molecule has 1 aromatic rings. The second-order valence-corrected chi connectivity index (χ2v) is 5.68. The van der Waals surface area contributed by atoms with Crippen molar-refractivity contribution in [2.45, 2.75) is 11.8 Å². The zero-order chi connectivity index (χ0) is 15.2. The van der Waals surface area contributed by atoms with Crippen LogP contribution in [0.15, 0.2) is 23.1 Å². The van der Waals surface area contributed by atoms with E-state index in [9.17, 15) is 18.5 Å². The molecule has 0 saturated carbocycles. The van der Waals surface area contributed by atoms with Crippen molar-refractivity contribution in [3.63, 3.8) is 0 Å². The summed E-state index contributed by atoms with van der Waals surface area (Å²) >= 11 is 0. The summed E-state index contributed by atoms with van der Waals surface area (Å²) in [6.07, 6.45) is 0. The van der Waals surface area contributed by atoms with Crippen LogP contribution in [0.4, 0.5) is 5.69 Å². The van der Waals surface area contributed by atoms with E-state index in [-0.39, 0.29) is 36.9 Å². The summed E-state index contributed by atoms with van der Waals surface area (Å²) in [5.74, 6) is 0. The van der Waals surface area contributed by atoms with Gasteiger partial charge in [-0.1, -0.05) is 6.07 Å². The lowest BCUT2D eigenvalue weighted by molar-refractivity contribution is -0.385. The van der Waals surface area contributed by atoms with E-state index in [1.54, 1.807) is 6.92 Å². The number of nitro benzene ring substituents is 1. The number of aryl methyl sites for hydroxylation is 1. The van der Waals surface area contributed by atoms with Gasteiger partial charge >= 0.3 is 0 Å². The molecule has 0 radical (unpaired) electrons. The molecule has 9 heteroatoms. The van der Waals surface area contributed by atoms with Crippen molar-refractivity contribution in [2.75, 3.05) is 26.4 Å². The number of rotatable bonds is 8. The number of benzene rings is 1. The third-order valence-corrected chi connectivity index (χ3v) is 4.05. The zero-order valence-corrected chi connectivity index (χ0v) is 11.7. The minimum Gasteiger partial charge on any atom is -0.394 e. The Morgan fingerprint density at radius 1 is 1.40 bits per heavy atom. The molecular formula is C11H16N2O6S. The highest BCUT2D eigenvalue weighted by atomic mass is 32.2. The first kappa shape index (κ1) is 16.5. The number of aliphatic hydroxyl groups is 1. The number of non-ortho nitro benzene ring substituents is 1. The largest absolute Gasteiger partial charge is 0.394 e. The van der Waals surface area contributed by atoms with Crippen LogP contribution in [0, 0.1) is 17.0 Å². The maximum Gasteiger partial charge on any atom is 0.270 e. The molecule has 0 unspecified atom stereocenters. The molecule has 112 valence electrons. The van der Waals surface area contributed by atoms with Crippen molar-refractivity contribution in [1.29, 1.82) is 0 Å². The Hall–Kier alpha value is -1.55. The van der Waals surface area contributed by atoms with Crippen molar-refractivity contribution in [3.05, 3.63) is 33.9 Å². The number of nitrogens with zero attached hydrogens (tertiary/aromatic N) is 1. The fourth-order valence-corrected chi connectivity index (χ4v) is 2.76. The Balaban J connectivity index is 2.81. The van der Waals surface area contributed by atoms with Gasteiger partial charge in [0.15, 0.2) is 0 Å². The summed E-state index contributed by atoms with van der Waals surface area (Å²) < 4.78 is 31.2. The second kappa shape index (κ2) is 7.29. The quantitative estimate of drug-likeness (QED) is 0.402. The number of hydrogen-bond acceptors (Lipinski definition) is 6. The van der Waals surface area contributed by atoms with E-state index < -0.39 is 14.9 Å². The molecule has 0 spiro atoms. The Morgan fingerprint density at radius 3 is 2.70 bits per heavy atom. The third kappa shape index (κ3) is 4.53. The van der Waals surface area contributed by atoms with Crippen LogP contribution in [-0.2, 0) is 14.8 Å². The van der Waals surface area contributed by atoms with Crippen LogP contribution in [0.1, 0.15) is 5.56 Å². The van der Waals surface area contributed by atoms with Crippen molar-refractivity contribution in [3.8, 4) is 0 Å². The van der Waals surface area contributed by atoms with Gasteiger partial charge in [-0.2, -0.15) is 0 Å². The predicted octanol–water partition coefficient (Wildman–Crippen LogP) is 0.190. The van der Waals surface area contributed by atoms with Gasteiger partial charge in [-0.05, 0) is 12.5 Å². The molecule has 0 fully saturated rings. The van der Waals surface area contributed by atoms with E-state index in [0.717, 1.165) is 6.07 Å². The summed E-state index contributed by atoms with van der Waals surface area (Å²) in [5, 5.41) is 19.2. The third-order valence-electron chi connectivity index (χ3n) is 2.45. The number of hydrogen-bond donors (Lipinski definition) is 2. The lowest BCUT2D eigenvalue weighted by atomic mass is 10.2. The first-order valence-corrected chi connectivity index (χ1v) is 7.30. The lowest BCUT2D eigenvalue weighted by Crippen LogP contribution is -2.28. The van der Waals surface area contributed by atoms with E-state index in [2.05, 4.69) is 4.72 Å². The van der Waals surface area contributed by atoms with Gasteiger partial charge in [-0.15, -0.1) is 0 Å². The van der Waals surface area contributed by atoms with Gasteiger partial charge < -0.3 is 9.84 Å². The van der Waals surface area contributed by atoms with Gasteiger partial charge in [0, 0.05) is 18.7 Å². The predicted molar refractivity (Wildman–Crippen MR) is 70.9 cm³/mol. The van der Waals surface area contributed by atoms with Crippen LogP contribution >= 0.6 is 0 Å². The van der Waals surface area contributed by atoms with Crippen LogP contribution in [-0.4, -0.2) is 44.8 Å². The van der Waals surface area contributed by atoms with E-state index in [0.29, 0.717) is 5.56 Å². The second-order valence-electron chi connectivity index (χ2n) is 3.94. The fourth-order valence-electron chi connectivity index (χ4n) is 1.48. The normalized spacial score (nSPS) is 11.5. The molecule has 0 atom stereocenters. The van der Waals surface area contributed by atoms with E-state index in [1.165, 1.54) is 12.1 Å². The number of nitrogens with one attached hydrogen (secondary N) is 1. The summed E-state index contributed by atoms with van der Waals surface area (Å²) in [6.45, 7) is 1.66. The Bertz CT molecular complexity index is 572. The fraction of sp³-hybridized carbons (Fsp3) is 0.455. The van der Waals surface area contributed by atoms with Crippen molar-refractivity contribution in [1.82, 2.24) is 4.72 Å². The number of aliphatic hydroxyl groups excluding tert-OH is 1. The zero-order valence-electron chi connectivity index (χ0n) is 10.9. The highest BCUT2D eigenvalue weighted by Gasteiger charge is 2.19. The standard InChI is InChI=1S/C11H16N2O6S/c1-9-2-3-10(13(15)16)8-11(9)20(17,18)12-4-6-19-7-5-14/h2-3,8,12,14H,4-7H2,1H3. The summed E-state index contributed by atoms with van der Waals surface area (Å²) in [4.78, 5) is 9.89. The SMILES string of the molecule is Cc1ccc([N+](=O)[O-])cc1S(=O)(=O)NCCOCCO. The molecule has 20 heavy (non-hydrogen) atoms. The molecule has 0 bridgehead atoms. The summed E-state index contributed by atoms with van der Waals surface area (Å²) in [7, 11) is -3.83. The molecule has 8 nitrogen and oxygen atoms in total. The molecule has 0 aliphatic rings. The monoisotopic (exact) mass is 304 g/mol. The van der Waals surface area contributed by atoms with Gasteiger partial charge in [-0.25, -0.2) is 13.1 Å². The van der Waals surface area contributed by atoms with Crippen molar-refractivity contribution < 1.29 is 23.2 Å². The highest BCUT2D eigenvalue weighted by Crippen LogP contribution is 2.21. The van der Waals surface area contributed by atoms with Crippen molar-refractivity contribution >= 4 is 15.7 Å². The first-order chi connectivity index (χ1) is 9.38. The number of ether oxygens (including phenoxy) is 1. The molecule has 2 N–H and O–H groups in total. The van der Waals surface area contributed by atoms with Crippen LogP contribution in [0.5, 0.6) is 0 Å². The van der Waals surface area contributed by atoms with E-state index >= 15 is 0 Å². The van der Waals surface area contributed by atoms with Gasteiger partial charge in [0.2, 0.25) is 10.0 Å². The van der Waals surface area contributed by atoms with Gasteiger partial charge in [0.1, 0.15) is 0 Å². The maximum atomic E-state index is 12.0. The number of sulfonamides is 1. The smallest absolute Gasteiger partial charge is 0.270 e. The van der Waals surface area contributed by atoms with Crippen LogP contribution in [0.25, 0.3) is 0 Å². The topological polar surface area (TPSA) is 119 Å². The van der Waals surface area contributed by atoms with Gasteiger partial charge in [0.05, 0.1) is 29.6 Å². The van der Waals surface area contributed by atoms with Gasteiger partial charge in [-0.3, -0.25) is 10.1 Å². The Morgan fingerprint density at radius 2 is 2.10 bits per heavy atom. The molecule has 1 aromatic carbocycles. The number of nitro groups is 1. The first-order valence-electron chi connectivity index (χ1n) is 5.82. The molecule has 0 amide bonds. The highest BCUT2D eigenvalue weighted by molar-refractivity contribution is 7.89. The van der Waals surface area contributed by atoms with E-state index in [4.69, 9.17) is 9.84 Å². The molecule has 0 saturated heterocycles. The van der Waals surface area contributed by atoms with Crippen LogP contribution in [0.2, 0.25) is 0 Å². The average Bonchev–Trinajstić information content (AvgIpc) is 2.38. The molecular weight excluding hydrogens is 288 g/mol. The van der Waals surface area contributed by atoms with Crippen molar-refractivity contribution in [2.24, 2.45) is 0 Å². The minimum atomic E-state index is -3.83. The molecule has 0 aliphatic heterocycles. The maximum absolute atomic E-state index is 12.0. The van der Waals surface area contributed by atoms with Gasteiger partial charge in [0.25, 0.3) is 5.69 Å². The summed E-state index contributed by atoms with van der Waals surface area (Å²) in [5.41, 5.74) is 0.131. The molecule has 0 aromatic heterocycles. The molecule has 0 heterocycles. The van der Waals surface area contributed by atoms with Crippen LogP contribution in [0.3, 0.4) is 0 Å². The molecule has 1 rings (SSSR count). The summed E-state index contributed by atoms with van der Waals surface area (Å²) in [6, 6.07) is 3.65. The molecule has 0 aliphatic carbocycles. The van der Waals surface area contributed by atoms with E-state index in [1.807, 2.05) is 0 Å². The lowest BCUT2D eigenvalue weighted by Gasteiger charge is -2.09. The average molecular weight is 304 g/mol. The van der Waals surface area contributed by atoms with Crippen LogP contribution < -0.4 is 4.72 Å². The Kier molecular flexibility index (Phi) is 6.02. The Labute approximate surface area is 116 Å².